The number of nitrogens with one attached hydrogen (secondary N) is 1. The molecule has 2 aromatic rings. The molecule has 4 heterocycles. The molecule has 2 aliphatic rings. The first-order chi connectivity index (χ1) is 12.3. The molecular formula is C18H24N4O3. The first-order valence-corrected chi connectivity index (χ1v) is 9.07. The maximum atomic E-state index is 12.5. The normalized spacial score (nSPS) is 19.0. The van der Waals surface area contributed by atoms with Crippen LogP contribution in [0.3, 0.4) is 0 Å². The van der Waals surface area contributed by atoms with Crippen molar-refractivity contribution >= 4 is 5.91 Å². The number of aromatic nitrogens is 2. The fraction of sp³-hybridized carbons (Fsp3) is 0.556. The van der Waals surface area contributed by atoms with Crippen LogP contribution in [0.25, 0.3) is 0 Å². The van der Waals surface area contributed by atoms with Gasteiger partial charge >= 0.3 is 0 Å². The minimum Gasteiger partial charge on any atom is -0.476 e. The van der Waals surface area contributed by atoms with Gasteiger partial charge in [-0.15, -0.1) is 0 Å². The largest absolute Gasteiger partial charge is 0.476 e. The number of nitrogens with zero attached hydrogens (tertiary/aromatic N) is 3. The molecule has 1 amide bonds. The van der Waals surface area contributed by atoms with E-state index in [2.05, 4.69) is 15.3 Å². The van der Waals surface area contributed by atoms with Crippen LogP contribution in [0.2, 0.25) is 0 Å². The van der Waals surface area contributed by atoms with Crippen molar-refractivity contribution in [2.75, 3.05) is 26.2 Å². The average molecular weight is 344 g/mol. The van der Waals surface area contributed by atoms with Gasteiger partial charge in [0.2, 0.25) is 5.88 Å². The molecule has 7 heteroatoms. The van der Waals surface area contributed by atoms with Crippen LogP contribution < -0.4 is 10.1 Å². The van der Waals surface area contributed by atoms with Gasteiger partial charge in [0.05, 0.1) is 18.8 Å². The second-order valence-electron chi connectivity index (χ2n) is 6.63. The fourth-order valence-corrected chi connectivity index (χ4v) is 3.60. The van der Waals surface area contributed by atoms with E-state index in [1.807, 2.05) is 12.1 Å². The summed E-state index contributed by atoms with van der Waals surface area (Å²) in [4.78, 5) is 14.9. The summed E-state index contributed by atoms with van der Waals surface area (Å²) in [6.45, 7) is 3.91. The molecule has 2 aliphatic heterocycles. The van der Waals surface area contributed by atoms with Crippen molar-refractivity contribution in [3.8, 4) is 5.88 Å². The number of carbonyl (C=O) groups excluding carboxylic acids is 1. The van der Waals surface area contributed by atoms with E-state index in [4.69, 9.17) is 9.15 Å². The lowest BCUT2D eigenvalue weighted by Gasteiger charge is -2.29. The van der Waals surface area contributed by atoms with E-state index in [-0.39, 0.29) is 11.9 Å². The maximum absolute atomic E-state index is 12.5. The van der Waals surface area contributed by atoms with Crippen LogP contribution in [0.4, 0.5) is 0 Å². The van der Waals surface area contributed by atoms with E-state index in [0.717, 1.165) is 18.8 Å². The Kier molecular flexibility index (Phi) is 4.74. The number of furan rings is 1. The first kappa shape index (κ1) is 16.2. The SMILES string of the molecule is O=C(NCC(c1ccco1)N1CCCCCC1)c1cc2n(n1)CCO2. The number of likely N-dealkylation sites (tertiary alicyclic amines) is 1. The zero-order chi connectivity index (χ0) is 17.1. The van der Waals surface area contributed by atoms with Gasteiger partial charge in [0, 0.05) is 12.6 Å². The van der Waals surface area contributed by atoms with Crippen molar-refractivity contribution in [3.63, 3.8) is 0 Å². The highest BCUT2D eigenvalue weighted by Gasteiger charge is 2.25. The van der Waals surface area contributed by atoms with E-state index >= 15 is 0 Å². The van der Waals surface area contributed by atoms with E-state index < -0.39 is 0 Å². The van der Waals surface area contributed by atoms with Crippen molar-refractivity contribution in [2.24, 2.45) is 0 Å². The molecule has 1 N–H and O–H groups in total. The van der Waals surface area contributed by atoms with Crippen LogP contribution in [0.1, 0.15) is 48.0 Å². The number of amides is 1. The van der Waals surface area contributed by atoms with E-state index in [1.54, 1.807) is 17.0 Å². The van der Waals surface area contributed by atoms with Crippen LogP contribution >= 0.6 is 0 Å². The second kappa shape index (κ2) is 7.31. The minimum atomic E-state index is -0.170. The number of rotatable bonds is 5. The van der Waals surface area contributed by atoms with Crippen LogP contribution in [0.15, 0.2) is 28.9 Å². The van der Waals surface area contributed by atoms with E-state index in [0.29, 0.717) is 31.3 Å². The van der Waals surface area contributed by atoms with Crippen LogP contribution in [0, 0.1) is 0 Å². The predicted molar refractivity (Wildman–Crippen MR) is 91.5 cm³/mol. The molecule has 0 aromatic carbocycles. The molecule has 2 aromatic heterocycles. The van der Waals surface area contributed by atoms with Gasteiger partial charge in [0.15, 0.2) is 5.69 Å². The number of hydrogen-bond acceptors (Lipinski definition) is 5. The van der Waals surface area contributed by atoms with Crippen molar-refractivity contribution in [2.45, 2.75) is 38.3 Å². The standard InChI is InChI=1S/C18H24N4O3/c23-18(14-12-17-22(20-14)9-11-25-17)19-13-15(16-6-5-10-24-16)21-7-3-1-2-4-8-21/h5-6,10,12,15H,1-4,7-9,11,13H2,(H,19,23). The van der Waals surface area contributed by atoms with E-state index in [9.17, 15) is 4.79 Å². The smallest absolute Gasteiger partial charge is 0.271 e. The zero-order valence-corrected chi connectivity index (χ0v) is 14.3. The van der Waals surface area contributed by atoms with Crippen LogP contribution in [-0.4, -0.2) is 46.8 Å². The first-order valence-electron chi connectivity index (χ1n) is 9.07. The Hall–Kier alpha value is -2.28. The van der Waals surface area contributed by atoms with Gasteiger partial charge in [0.1, 0.15) is 12.4 Å². The number of ether oxygens (including phenoxy) is 1. The Morgan fingerprint density at radius 3 is 2.80 bits per heavy atom. The predicted octanol–water partition coefficient (Wildman–Crippen LogP) is 2.22. The van der Waals surface area contributed by atoms with Crippen molar-refractivity contribution < 1.29 is 13.9 Å². The van der Waals surface area contributed by atoms with E-state index in [1.165, 1.54) is 25.7 Å². The molecule has 4 rings (SSSR count). The molecule has 1 fully saturated rings. The molecule has 134 valence electrons. The Morgan fingerprint density at radius 1 is 1.24 bits per heavy atom. The molecule has 1 atom stereocenters. The monoisotopic (exact) mass is 344 g/mol. The summed E-state index contributed by atoms with van der Waals surface area (Å²) in [6.07, 6.45) is 6.62. The number of fused-ring (bicyclic) bond motifs is 1. The highest BCUT2D eigenvalue weighted by atomic mass is 16.5. The van der Waals surface area contributed by atoms with Gasteiger partial charge in [-0.2, -0.15) is 5.10 Å². The van der Waals surface area contributed by atoms with Crippen molar-refractivity contribution in [1.82, 2.24) is 20.0 Å². The summed E-state index contributed by atoms with van der Waals surface area (Å²) in [5, 5.41) is 7.32. The third-order valence-electron chi connectivity index (χ3n) is 4.94. The van der Waals surface area contributed by atoms with Gasteiger partial charge < -0.3 is 14.5 Å². The summed E-state index contributed by atoms with van der Waals surface area (Å²) in [5.41, 5.74) is 0.406. The lowest BCUT2D eigenvalue weighted by Crippen LogP contribution is -2.38. The summed E-state index contributed by atoms with van der Waals surface area (Å²) < 4.78 is 12.8. The highest BCUT2D eigenvalue weighted by Crippen LogP contribution is 2.24. The van der Waals surface area contributed by atoms with Gasteiger partial charge in [-0.25, -0.2) is 4.68 Å². The zero-order valence-electron chi connectivity index (χ0n) is 14.3. The summed E-state index contributed by atoms with van der Waals surface area (Å²) in [6, 6.07) is 5.65. The fourth-order valence-electron chi connectivity index (χ4n) is 3.60. The molecule has 1 unspecified atom stereocenters. The lowest BCUT2D eigenvalue weighted by molar-refractivity contribution is 0.0921. The molecule has 0 spiro atoms. The third kappa shape index (κ3) is 3.56. The van der Waals surface area contributed by atoms with Gasteiger partial charge in [-0.3, -0.25) is 9.69 Å². The Balaban J connectivity index is 1.43. The molecule has 0 radical (unpaired) electrons. The van der Waals surface area contributed by atoms with Gasteiger partial charge in [0.25, 0.3) is 5.91 Å². The molecule has 0 aliphatic carbocycles. The number of carbonyl (C=O) groups is 1. The van der Waals surface area contributed by atoms with Crippen molar-refractivity contribution in [3.05, 3.63) is 35.9 Å². The van der Waals surface area contributed by atoms with Crippen LogP contribution in [-0.2, 0) is 6.54 Å². The molecule has 25 heavy (non-hydrogen) atoms. The molecule has 1 saturated heterocycles. The topological polar surface area (TPSA) is 72.5 Å². The second-order valence-corrected chi connectivity index (χ2v) is 6.63. The Bertz CT molecular complexity index is 680. The van der Waals surface area contributed by atoms with Crippen LogP contribution in [0.5, 0.6) is 5.88 Å². The Morgan fingerprint density at radius 2 is 2.08 bits per heavy atom. The summed E-state index contributed by atoms with van der Waals surface area (Å²) >= 11 is 0. The molecule has 0 saturated carbocycles. The average Bonchev–Trinajstić information content (AvgIpc) is 3.30. The van der Waals surface area contributed by atoms with Gasteiger partial charge in [-0.1, -0.05) is 12.8 Å². The third-order valence-corrected chi connectivity index (χ3v) is 4.94. The summed E-state index contributed by atoms with van der Waals surface area (Å²) in [5.74, 6) is 1.40. The minimum absolute atomic E-state index is 0.0581. The number of hydrogen-bond donors (Lipinski definition) is 1. The van der Waals surface area contributed by atoms with Gasteiger partial charge in [-0.05, 0) is 38.1 Å². The van der Waals surface area contributed by atoms with Crippen molar-refractivity contribution in [1.29, 1.82) is 0 Å². The molecular weight excluding hydrogens is 320 g/mol. The molecule has 7 nitrogen and oxygen atoms in total. The molecule has 0 bridgehead atoms. The Labute approximate surface area is 146 Å². The quantitative estimate of drug-likeness (QED) is 0.900. The summed E-state index contributed by atoms with van der Waals surface area (Å²) in [7, 11) is 0. The lowest BCUT2D eigenvalue weighted by atomic mass is 10.1. The maximum Gasteiger partial charge on any atom is 0.271 e. The highest BCUT2D eigenvalue weighted by molar-refractivity contribution is 5.92.